The zero-order valence-corrected chi connectivity index (χ0v) is 20.3. The van der Waals surface area contributed by atoms with Gasteiger partial charge >= 0.3 is 11.9 Å². The van der Waals surface area contributed by atoms with Crippen LogP contribution in [0.5, 0.6) is 0 Å². The first-order valence-electron chi connectivity index (χ1n) is 12.4. The predicted octanol–water partition coefficient (Wildman–Crippen LogP) is 0.382. The molecule has 3 aliphatic rings. The molecule has 11 heteroatoms. The van der Waals surface area contributed by atoms with E-state index in [-0.39, 0.29) is 24.3 Å². The van der Waals surface area contributed by atoms with Crippen molar-refractivity contribution in [2.75, 3.05) is 20.2 Å². The van der Waals surface area contributed by atoms with Gasteiger partial charge < -0.3 is 25.4 Å². The van der Waals surface area contributed by atoms with Gasteiger partial charge in [-0.05, 0) is 69.7 Å². The predicted molar refractivity (Wildman–Crippen MR) is 126 cm³/mol. The van der Waals surface area contributed by atoms with E-state index in [1.54, 1.807) is 11.8 Å². The number of esters is 2. The van der Waals surface area contributed by atoms with Gasteiger partial charge in [0, 0.05) is 13.0 Å². The van der Waals surface area contributed by atoms with Gasteiger partial charge in [-0.1, -0.05) is 6.42 Å². The Hall–Kier alpha value is -2.40. The Morgan fingerprint density at radius 3 is 2.71 bits per heavy atom. The maximum Gasteiger partial charge on any atom is 0.328 e. The van der Waals surface area contributed by atoms with Crippen LogP contribution < -0.4 is 22.4 Å². The molecule has 2 aliphatic heterocycles. The van der Waals surface area contributed by atoms with Crippen molar-refractivity contribution in [3.63, 3.8) is 0 Å². The number of methoxy groups -OCH3 is 1. The first kappa shape index (κ1) is 26.2. The van der Waals surface area contributed by atoms with Gasteiger partial charge in [-0.3, -0.25) is 9.59 Å². The zero-order chi connectivity index (χ0) is 24.7. The molecule has 1 amide bonds. The summed E-state index contributed by atoms with van der Waals surface area (Å²) in [6.07, 6.45) is 6.63. The molecule has 11 nitrogen and oxygen atoms in total. The molecule has 0 aromatic heterocycles. The van der Waals surface area contributed by atoms with Crippen molar-refractivity contribution in [1.29, 1.82) is 0 Å². The van der Waals surface area contributed by atoms with E-state index in [0.29, 0.717) is 43.0 Å². The Morgan fingerprint density at radius 1 is 1.18 bits per heavy atom. The summed E-state index contributed by atoms with van der Waals surface area (Å²) >= 11 is 0. The molecule has 3 rings (SSSR count). The Balaban J connectivity index is 1.45. The van der Waals surface area contributed by atoms with Gasteiger partial charge in [0.2, 0.25) is 5.91 Å². The number of likely N-dealkylation sites (tertiary alicyclic amines) is 1. The van der Waals surface area contributed by atoms with Crippen molar-refractivity contribution in [1.82, 2.24) is 15.8 Å². The van der Waals surface area contributed by atoms with E-state index >= 15 is 0 Å². The minimum Gasteiger partial charge on any atom is -0.467 e. The summed E-state index contributed by atoms with van der Waals surface area (Å²) in [7, 11) is 1.33. The van der Waals surface area contributed by atoms with Crippen LogP contribution in [0.1, 0.15) is 64.7 Å². The lowest BCUT2D eigenvalue weighted by atomic mass is 9.69. The molecule has 192 valence electrons. The number of carbonyl (C=O) groups is 3. The average Bonchev–Trinajstić information content (AvgIpc) is 3.32. The molecule has 0 aromatic rings. The second kappa shape index (κ2) is 12.3. The number of hydrazone groups is 1. The van der Waals surface area contributed by atoms with Crippen LogP contribution in [0.15, 0.2) is 5.10 Å². The summed E-state index contributed by atoms with van der Waals surface area (Å²) in [5.74, 6) is 6.39. The van der Waals surface area contributed by atoms with Crippen LogP contribution in [-0.4, -0.2) is 67.0 Å². The molecule has 0 spiro atoms. The second-order valence-corrected chi connectivity index (χ2v) is 9.89. The fraction of sp³-hybridized carbons (Fsp3) is 0.826. The molecule has 1 saturated carbocycles. The fourth-order valence-corrected chi connectivity index (χ4v) is 5.73. The number of carbonyl (C=O) groups excluding carboxylic acids is 3. The van der Waals surface area contributed by atoms with Crippen molar-refractivity contribution in [2.24, 2.45) is 34.4 Å². The van der Waals surface area contributed by atoms with Gasteiger partial charge in [0.25, 0.3) is 0 Å². The molecule has 3 fully saturated rings. The van der Waals surface area contributed by atoms with Crippen molar-refractivity contribution < 1.29 is 23.9 Å². The number of nitrogens with zero attached hydrogens (tertiary/aromatic N) is 2. The summed E-state index contributed by atoms with van der Waals surface area (Å²) in [4.78, 5) is 39.0. The number of rotatable bonds is 9. The molecule has 6 atom stereocenters. The van der Waals surface area contributed by atoms with E-state index in [2.05, 4.69) is 16.0 Å². The van der Waals surface area contributed by atoms with Gasteiger partial charge in [0.15, 0.2) is 0 Å². The molecule has 6 N–H and O–H groups in total. The lowest BCUT2D eigenvalue weighted by Gasteiger charge is -2.42. The van der Waals surface area contributed by atoms with Gasteiger partial charge in [-0.2, -0.15) is 5.10 Å². The number of hydrogen-bond acceptors (Lipinski definition) is 9. The molecule has 0 aromatic carbocycles. The largest absolute Gasteiger partial charge is 0.467 e. The first-order chi connectivity index (χ1) is 16.3. The number of amidine groups is 1. The molecule has 0 bridgehead atoms. The Kier molecular flexibility index (Phi) is 9.52. The number of nitrogens with two attached hydrogens (primary N) is 2. The number of hydrogen-bond donors (Lipinski definition) is 4. The summed E-state index contributed by atoms with van der Waals surface area (Å²) in [6.45, 7) is 3.05. The van der Waals surface area contributed by atoms with E-state index in [1.807, 2.05) is 0 Å². The minimum absolute atomic E-state index is 0.0563. The smallest absolute Gasteiger partial charge is 0.328 e. The van der Waals surface area contributed by atoms with Crippen molar-refractivity contribution in [3.05, 3.63) is 0 Å². The summed E-state index contributed by atoms with van der Waals surface area (Å²) in [6, 6.07) is -0.898. The lowest BCUT2D eigenvalue weighted by Crippen LogP contribution is -2.50. The van der Waals surface area contributed by atoms with E-state index in [1.165, 1.54) is 7.11 Å². The number of piperidine rings is 1. The fourth-order valence-electron chi connectivity index (χ4n) is 5.73. The third kappa shape index (κ3) is 6.82. The maximum absolute atomic E-state index is 12.8. The number of fused-ring (bicyclic) bond motifs is 1. The second-order valence-electron chi connectivity index (χ2n) is 9.89. The molecular weight excluding hydrogens is 440 g/mol. The number of ether oxygens (including phenoxy) is 2. The number of nitrogens with one attached hydrogen (secondary N) is 2. The molecule has 2 heterocycles. The number of hydrazine groups is 1. The van der Waals surface area contributed by atoms with E-state index < -0.39 is 18.1 Å². The topological polar surface area (TPSA) is 161 Å². The van der Waals surface area contributed by atoms with Crippen LogP contribution in [0.4, 0.5) is 0 Å². The highest BCUT2D eigenvalue weighted by Gasteiger charge is 2.39. The standard InChI is InChI=1S/C23H40N6O5/c1-14(10-21(30)29-9-3-4-19(29)23(32)33-2)34-22(31)18-12-17-11-15(5-7-16(17)13-26-18)6-8-20(24)27-28-25/h14-19,26,28H,3-13,25H2,1-2H3,(H2,24,27). The van der Waals surface area contributed by atoms with Crippen LogP contribution in [0.2, 0.25) is 0 Å². The maximum atomic E-state index is 12.8. The summed E-state index contributed by atoms with van der Waals surface area (Å²) < 4.78 is 10.4. The molecule has 0 radical (unpaired) electrons. The quantitative estimate of drug-likeness (QED) is 0.120. The number of amides is 1. The minimum atomic E-state index is -0.559. The summed E-state index contributed by atoms with van der Waals surface area (Å²) in [5.41, 5.74) is 8.06. The van der Waals surface area contributed by atoms with Crippen LogP contribution in [-0.2, 0) is 23.9 Å². The van der Waals surface area contributed by atoms with E-state index in [0.717, 1.165) is 45.1 Å². The van der Waals surface area contributed by atoms with Gasteiger partial charge in [-0.25, -0.2) is 16.2 Å². The molecule has 6 unspecified atom stereocenters. The SMILES string of the molecule is COC(=O)C1CCCN1C(=O)CC(C)OC(=O)C1CC2CC(CC/C(N)=N/NN)CCC2CN1. The van der Waals surface area contributed by atoms with Crippen LogP contribution in [0, 0.1) is 17.8 Å². The molecule has 1 aliphatic carbocycles. The summed E-state index contributed by atoms with van der Waals surface area (Å²) in [5, 5.41) is 7.17. The normalized spacial score (nSPS) is 30.3. The molecular formula is C23H40N6O5. The van der Waals surface area contributed by atoms with E-state index in [4.69, 9.17) is 21.1 Å². The van der Waals surface area contributed by atoms with Crippen LogP contribution in [0.25, 0.3) is 0 Å². The highest BCUT2D eigenvalue weighted by atomic mass is 16.5. The van der Waals surface area contributed by atoms with Gasteiger partial charge in [0.05, 0.1) is 13.5 Å². The van der Waals surface area contributed by atoms with E-state index in [9.17, 15) is 14.4 Å². The van der Waals surface area contributed by atoms with Crippen LogP contribution in [0.3, 0.4) is 0 Å². The highest BCUT2D eigenvalue weighted by Crippen LogP contribution is 2.40. The first-order valence-corrected chi connectivity index (χ1v) is 12.4. The third-order valence-electron chi connectivity index (χ3n) is 7.54. The Labute approximate surface area is 201 Å². The van der Waals surface area contributed by atoms with Gasteiger partial charge in [0.1, 0.15) is 24.0 Å². The van der Waals surface area contributed by atoms with Crippen LogP contribution >= 0.6 is 0 Å². The zero-order valence-electron chi connectivity index (χ0n) is 20.3. The lowest BCUT2D eigenvalue weighted by molar-refractivity contribution is -0.157. The molecule has 2 saturated heterocycles. The monoisotopic (exact) mass is 480 g/mol. The van der Waals surface area contributed by atoms with Crippen molar-refractivity contribution in [3.8, 4) is 0 Å². The van der Waals surface area contributed by atoms with Gasteiger partial charge in [-0.15, -0.1) is 0 Å². The highest BCUT2D eigenvalue weighted by molar-refractivity contribution is 5.85. The van der Waals surface area contributed by atoms with Crippen molar-refractivity contribution >= 4 is 23.7 Å². The third-order valence-corrected chi connectivity index (χ3v) is 7.54. The van der Waals surface area contributed by atoms with Crippen molar-refractivity contribution in [2.45, 2.75) is 82.9 Å². The Bertz CT molecular complexity index is 762. The Morgan fingerprint density at radius 2 is 1.97 bits per heavy atom. The molecule has 34 heavy (non-hydrogen) atoms. The average molecular weight is 481 g/mol.